The highest BCUT2D eigenvalue weighted by Crippen LogP contribution is 2.16. The summed E-state index contributed by atoms with van der Waals surface area (Å²) in [5.74, 6) is 0.00936. The lowest BCUT2D eigenvalue weighted by Crippen LogP contribution is -2.15. The largest absolute Gasteiger partial charge is 0.462 e. The summed E-state index contributed by atoms with van der Waals surface area (Å²) < 4.78 is 10.0. The average Bonchev–Trinajstić information content (AvgIpc) is 2.36. The molecule has 0 N–H and O–H groups in total. The molecule has 1 fully saturated rings. The van der Waals surface area contributed by atoms with Crippen molar-refractivity contribution < 1.29 is 19.1 Å². The molecule has 0 aromatic rings. The van der Waals surface area contributed by atoms with Gasteiger partial charge in [0.15, 0.2) is 0 Å². The Morgan fingerprint density at radius 3 is 2.16 bits per heavy atom. The van der Waals surface area contributed by atoms with Gasteiger partial charge in [0.2, 0.25) is 0 Å². The summed E-state index contributed by atoms with van der Waals surface area (Å²) in [6.45, 7) is 2.45. The minimum absolute atomic E-state index is 0.178. The molecule has 1 aliphatic rings. The highest BCUT2D eigenvalue weighted by Gasteiger charge is 2.11. The Hall–Kier alpha value is -1.06. The first kappa shape index (κ1) is 16.0. The molecule has 0 amide bonds. The van der Waals surface area contributed by atoms with Crippen LogP contribution in [0.1, 0.15) is 64.7 Å². The number of cyclic esters (lactones) is 2. The van der Waals surface area contributed by atoms with Crippen LogP contribution in [0.25, 0.3) is 0 Å². The van der Waals surface area contributed by atoms with Gasteiger partial charge in [-0.05, 0) is 12.3 Å². The van der Waals surface area contributed by atoms with Gasteiger partial charge in [-0.1, -0.05) is 45.4 Å². The van der Waals surface area contributed by atoms with E-state index in [-0.39, 0.29) is 25.2 Å². The van der Waals surface area contributed by atoms with Gasteiger partial charge in [-0.2, -0.15) is 0 Å². The van der Waals surface area contributed by atoms with Crippen LogP contribution < -0.4 is 0 Å². The molecule has 4 heteroatoms. The van der Waals surface area contributed by atoms with E-state index in [0.717, 1.165) is 19.3 Å². The van der Waals surface area contributed by atoms with Crippen molar-refractivity contribution in [3.63, 3.8) is 0 Å². The van der Waals surface area contributed by atoms with Crippen LogP contribution in [0.2, 0.25) is 0 Å². The Balaban J connectivity index is 2.31. The second-order valence-electron chi connectivity index (χ2n) is 5.41. The number of esters is 2. The predicted octanol–water partition coefficient (Wildman–Crippen LogP) is 3.23. The van der Waals surface area contributed by atoms with Gasteiger partial charge < -0.3 is 9.47 Å². The molecule has 0 aliphatic carbocycles. The summed E-state index contributed by atoms with van der Waals surface area (Å²) in [4.78, 5) is 22.9. The maximum Gasteiger partial charge on any atom is 0.306 e. The fourth-order valence-corrected chi connectivity index (χ4v) is 2.30. The van der Waals surface area contributed by atoms with E-state index in [4.69, 9.17) is 9.47 Å². The fourth-order valence-electron chi connectivity index (χ4n) is 2.30. The van der Waals surface area contributed by atoms with Gasteiger partial charge in [-0.25, -0.2) is 0 Å². The molecule has 1 heterocycles. The number of rotatable bonds is 0. The SMILES string of the molecule is CC1CCCCCCCCC(=O)OCCOC(=O)C1. The van der Waals surface area contributed by atoms with Gasteiger partial charge in [0.25, 0.3) is 0 Å². The van der Waals surface area contributed by atoms with Gasteiger partial charge in [0.05, 0.1) is 0 Å². The van der Waals surface area contributed by atoms with Gasteiger partial charge in [-0.3, -0.25) is 9.59 Å². The molecule has 0 saturated carbocycles. The molecule has 1 aliphatic heterocycles. The Morgan fingerprint density at radius 1 is 0.842 bits per heavy atom. The Labute approximate surface area is 115 Å². The van der Waals surface area contributed by atoms with Crippen LogP contribution >= 0.6 is 0 Å². The molecule has 0 aromatic carbocycles. The Bertz CT molecular complexity index is 275. The zero-order valence-electron chi connectivity index (χ0n) is 12.0. The summed E-state index contributed by atoms with van der Waals surface area (Å²) in [6, 6.07) is 0. The number of ether oxygens (including phenoxy) is 2. The van der Waals surface area contributed by atoms with Crippen molar-refractivity contribution in [2.24, 2.45) is 5.92 Å². The molecule has 0 spiro atoms. The number of carbonyl (C=O) groups is 2. The first-order chi connectivity index (χ1) is 9.18. The van der Waals surface area contributed by atoms with Crippen molar-refractivity contribution in [1.29, 1.82) is 0 Å². The summed E-state index contributed by atoms with van der Waals surface area (Å²) in [7, 11) is 0. The highest BCUT2D eigenvalue weighted by molar-refractivity contribution is 5.70. The summed E-state index contributed by atoms with van der Waals surface area (Å²) >= 11 is 0. The van der Waals surface area contributed by atoms with E-state index >= 15 is 0 Å². The van der Waals surface area contributed by atoms with Crippen LogP contribution in [0, 0.1) is 5.92 Å². The third kappa shape index (κ3) is 8.62. The first-order valence-corrected chi connectivity index (χ1v) is 7.49. The van der Waals surface area contributed by atoms with Crippen LogP contribution in [0.4, 0.5) is 0 Å². The van der Waals surface area contributed by atoms with E-state index < -0.39 is 0 Å². The molecule has 0 radical (unpaired) electrons. The number of hydrogen-bond donors (Lipinski definition) is 0. The Morgan fingerprint density at radius 2 is 1.42 bits per heavy atom. The lowest BCUT2D eigenvalue weighted by Gasteiger charge is -2.12. The predicted molar refractivity (Wildman–Crippen MR) is 72.6 cm³/mol. The second kappa shape index (κ2) is 9.82. The maximum absolute atomic E-state index is 11.5. The minimum Gasteiger partial charge on any atom is -0.462 e. The van der Waals surface area contributed by atoms with Gasteiger partial charge in [-0.15, -0.1) is 0 Å². The smallest absolute Gasteiger partial charge is 0.306 e. The van der Waals surface area contributed by atoms with Crippen molar-refractivity contribution in [2.45, 2.75) is 64.7 Å². The van der Waals surface area contributed by atoms with E-state index in [1.807, 2.05) is 0 Å². The second-order valence-corrected chi connectivity index (χ2v) is 5.41. The number of carbonyl (C=O) groups excluding carboxylic acids is 2. The molecular formula is C15H26O4. The van der Waals surface area contributed by atoms with E-state index in [9.17, 15) is 9.59 Å². The minimum atomic E-state index is -0.185. The van der Waals surface area contributed by atoms with Crippen molar-refractivity contribution in [2.75, 3.05) is 13.2 Å². The quantitative estimate of drug-likeness (QED) is 0.634. The fraction of sp³-hybridized carbons (Fsp3) is 0.867. The van der Waals surface area contributed by atoms with Crippen LogP contribution in [-0.4, -0.2) is 25.2 Å². The van der Waals surface area contributed by atoms with Gasteiger partial charge >= 0.3 is 11.9 Å². The summed E-state index contributed by atoms with van der Waals surface area (Å²) in [5.41, 5.74) is 0. The molecule has 0 aromatic heterocycles. The van der Waals surface area contributed by atoms with E-state index in [0.29, 0.717) is 18.8 Å². The maximum atomic E-state index is 11.5. The average molecular weight is 270 g/mol. The topological polar surface area (TPSA) is 52.6 Å². The van der Waals surface area contributed by atoms with Crippen molar-refractivity contribution >= 4 is 11.9 Å². The van der Waals surface area contributed by atoms with Gasteiger partial charge in [0.1, 0.15) is 13.2 Å². The van der Waals surface area contributed by atoms with Crippen LogP contribution in [-0.2, 0) is 19.1 Å². The normalized spacial score (nSPS) is 25.4. The number of hydrogen-bond acceptors (Lipinski definition) is 4. The molecule has 1 rings (SSSR count). The molecule has 110 valence electrons. The van der Waals surface area contributed by atoms with Crippen molar-refractivity contribution in [3.8, 4) is 0 Å². The van der Waals surface area contributed by atoms with Crippen molar-refractivity contribution in [1.82, 2.24) is 0 Å². The third-order valence-corrected chi connectivity index (χ3v) is 3.45. The lowest BCUT2D eigenvalue weighted by atomic mass is 9.99. The monoisotopic (exact) mass is 270 g/mol. The van der Waals surface area contributed by atoms with Crippen LogP contribution in [0.15, 0.2) is 0 Å². The molecule has 1 unspecified atom stereocenters. The Kier molecular flexibility index (Phi) is 8.26. The zero-order valence-corrected chi connectivity index (χ0v) is 12.0. The van der Waals surface area contributed by atoms with Crippen LogP contribution in [0.5, 0.6) is 0 Å². The van der Waals surface area contributed by atoms with Crippen molar-refractivity contribution in [3.05, 3.63) is 0 Å². The summed E-state index contributed by atoms with van der Waals surface area (Å²) in [5, 5.41) is 0. The van der Waals surface area contributed by atoms with E-state index in [1.54, 1.807) is 0 Å². The standard InChI is InChI=1S/C15H26O4/c1-13-8-6-4-2-3-5-7-9-14(16)18-10-11-19-15(17)12-13/h13H,2-12H2,1H3. The lowest BCUT2D eigenvalue weighted by molar-refractivity contribution is -0.152. The molecule has 4 nitrogen and oxygen atoms in total. The first-order valence-electron chi connectivity index (χ1n) is 7.49. The van der Waals surface area contributed by atoms with Crippen LogP contribution in [0.3, 0.4) is 0 Å². The molecule has 0 bridgehead atoms. The van der Waals surface area contributed by atoms with E-state index in [1.165, 1.54) is 25.7 Å². The van der Waals surface area contributed by atoms with E-state index in [2.05, 4.69) is 6.92 Å². The third-order valence-electron chi connectivity index (χ3n) is 3.45. The zero-order chi connectivity index (χ0) is 13.9. The molecule has 19 heavy (non-hydrogen) atoms. The summed E-state index contributed by atoms with van der Waals surface area (Å²) in [6.07, 6.45) is 8.81. The highest BCUT2D eigenvalue weighted by atomic mass is 16.6. The van der Waals surface area contributed by atoms with Gasteiger partial charge in [0, 0.05) is 12.8 Å². The molecule has 1 saturated heterocycles. The molecule has 1 atom stereocenters. The molecular weight excluding hydrogens is 244 g/mol.